The van der Waals surface area contributed by atoms with Crippen molar-refractivity contribution in [2.45, 2.75) is 6.92 Å². The van der Waals surface area contributed by atoms with Crippen LogP contribution in [0.3, 0.4) is 0 Å². The van der Waals surface area contributed by atoms with E-state index in [4.69, 9.17) is 26.4 Å². The molecule has 3 N–H and O–H groups in total. The molecule has 2 rings (SSSR count). The van der Waals surface area contributed by atoms with Crippen LogP contribution in [0, 0.1) is 0 Å². The van der Waals surface area contributed by atoms with Crippen LogP contribution in [0.2, 0.25) is 0 Å². The molecule has 0 unspecified atom stereocenters. The number of para-hydroxylation sites is 1. The first-order chi connectivity index (χ1) is 12.6. The van der Waals surface area contributed by atoms with Crippen molar-refractivity contribution in [1.82, 2.24) is 5.43 Å². The van der Waals surface area contributed by atoms with E-state index >= 15 is 0 Å². The SMILES string of the molecule is CCOc1cccc(/C=N/NC(=S)Nc2ccc(OC)c(OC)c2)c1O. The van der Waals surface area contributed by atoms with Gasteiger partial charge in [0.05, 0.1) is 27.0 Å². The molecule has 138 valence electrons. The number of aromatic hydroxyl groups is 1. The summed E-state index contributed by atoms with van der Waals surface area (Å²) in [6.45, 7) is 2.31. The van der Waals surface area contributed by atoms with Crippen LogP contribution in [0.1, 0.15) is 12.5 Å². The standard InChI is InChI=1S/C18H21N3O4S/c1-4-25-15-7-5-6-12(17(15)22)11-19-21-18(26)20-13-8-9-14(23-2)16(10-13)24-3/h5-11,22H,4H2,1-3H3,(H2,20,21,26)/b19-11+. The molecule has 0 radical (unpaired) electrons. The Kier molecular flexibility index (Phi) is 7.04. The maximum Gasteiger partial charge on any atom is 0.191 e. The Bertz CT molecular complexity index is 796. The van der Waals surface area contributed by atoms with Gasteiger partial charge in [-0.15, -0.1) is 0 Å². The fourth-order valence-electron chi connectivity index (χ4n) is 2.15. The highest BCUT2D eigenvalue weighted by Gasteiger charge is 2.07. The molecule has 0 fully saturated rings. The number of hydrazone groups is 1. The van der Waals surface area contributed by atoms with E-state index in [-0.39, 0.29) is 10.9 Å². The van der Waals surface area contributed by atoms with Gasteiger partial charge in [-0.3, -0.25) is 5.43 Å². The molecule has 2 aromatic carbocycles. The number of methoxy groups -OCH3 is 2. The van der Waals surface area contributed by atoms with Gasteiger partial charge in [0.1, 0.15) is 0 Å². The highest BCUT2D eigenvalue weighted by Crippen LogP contribution is 2.30. The molecule has 0 saturated heterocycles. The van der Waals surface area contributed by atoms with Crippen molar-refractivity contribution in [3.8, 4) is 23.0 Å². The van der Waals surface area contributed by atoms with Crippen LogP contribution in [0.15, 0.2) is 41.5 Å². The van der Waals surface area contributed by atoms with Crippen molar-refractivity contribution in [3.05, 3.63) is 42.0 Å². The van der Waals surface area contributed by atoms with Crippen molar-refractivity contribution >= 4 is 29.2 Å². The number of hydrogen-bond acceptors (Lipinski definition) is 6. The van der Waals surface area contributed by atoms with Crippen LogP contribution < -0.4 is 25.0 Å². The zero-order chi connectivity index (χ0) is 18.9. The summed E-state index contributed by atoms with van der Waals surface area (Å²) in [7, 11) is 3.13. The second-order valence-corrected chi connectivity index (χ2v) is 5.43. The summed E-state index contributed by atoms with van der Waals surface area (Å²) in [6.07, 6.45) is 1.46. The molecule has 0 spiro atoms. The number of thiocarbonyl (C=S) groups is 1. The maximum absolute atomic E-state index is 10.1. The van der Waals surface area contributed by atoms with Gasteiger partial charge >= 0.3 is 0 Å². The average Bonchev–Trinajstić information content (AvgIpc) is 2.64. The van der Waals surface area contributed by atoms with Gasteiger partial charge in [0.15, 0.2) is 28.1 Å². The molecular formula is C18H21N3O4S. The van der Waals surface area contributed by atoms with Crippen LogP contribution >= 0.6 is 12.2 Å². The van der Waals surface area contributed by atoms with Gasteiger partial charge < -0.3 is 24.6 Å². The summed E-state index contributed by atoms with van der Waals surface area (Å²) in [4.78, 5) is 0. The minimum absolute atomic E-state index is 0.0265. The van der Waals surface area contributed by atoms with E-state index in [0.29, 0.717) is 29.4 Å². The van der Waals surface area contributed by atoms with Crippen LogP contribution in [0.5, 0.6) is 23.0 Å². The summed E-state index contributed by atoms with van der Waals surface area (Å²) in [5, 5.41) is 17.4. The fraction of sp³-hybridized carbons (Fsp3) is 0.222. The molecule has 0 bridgehead atoms. The normalized spacial score (nSPS) is 10.4. The van der Waals surface area contributed by atoms with Crippen LogP contribution in [-0.2, 0) is 0 Å². The van der Waals surface area contributed by atoms with Crippen LogP contribution in [0.4, 0.5) is 5.69 Å². The fourth-order valence-corrected chi connectivity index (χ4v) is 2.32. The van der Waals surface area contributed by atoms with Crippen molar-refractivity contribution in [2.24, 2.45) is 5.10 Å². The van der Waals surface area contributed by atoms with Crippen molar-refractivity contribution in [1.29, 1.82) is 0 Å². The number of phenolic OH excluding ortho intramolecular Hbond substituents is 1. The maximum atomic E-state index is 10.1. The van der Waals surface area contributed by atoms with Crippen LogP contribution in [-0.4, -0.2) is 37.3 Å². The number of rotatable bonds is 7. The van der Waals surface area contributed by atoms with Crippen molar-refractivity contribution in [3.63, 3.8) is 0 Å². The molecule has 0 aromatic heterocycles. The summed E-state index contributed by atoms with van der Waals surface area (Å²) < 4.78 is 15.8. The summed E-state index contributed by atoms with van der Waals surface area (Å²) in [6, 6.07) is 10.5. The molecule has 8 heteroatoms. The molecule has 0 amide bonds. The zero-order valence-corrected chi connectivity index (χ0v) is 15.6. The van der Waals surface area contributed by atoms with Gasteiger partial charge in [-0.05, 0) is 43.4 Å². The minimum atomic E-state index is 0.0265. The van der Waals surface area contributed by atoms with Crippen LogP contribution in [0.25, 0.3) is 0 Å². The third-order valence-corrected chi connectivity index (χ3v) is 3.53. The molecule has 2 aromatic rings. The van der Waals surface area contributed by atoms with Gasteiger partial charge in [0.2, 0.25) is 0 Å². The Labute approximate surface area is 157 Å². The Morgan fingerprint density at radius 1 is 1.15 bits per heavy atom. The zero-order valence-electron chi connectivity index (χ0n) is 14.8. The Morgan fingerprint density at radius 3 is 2.62 bits per heavy atom. The summed E-state index contributed by atoms with van der Waals surface area (Å²) >= 11 is 5.20. The van der Waals surface area contributed by atoms with Gasteiger partial charge in [-0.2, -0.15) is 5.10 Å². The van der Waals surface area contributed by atoms with Gasteiger partial charge in [0.25, 0.3) is 0 Å². The molecule has 0 saturated carbocycles. The molecule has 26 heavy (non-hydrogen) atoms. The summed E-state index contributed by atoms with van der Waals surface area (Å²) in [5.41, 5.74) is 3.92. The van der Waals surface area contributed by atoms with Gasteiger partial charge in [-0.25, -0.2) is 0 Å². The molecule has 0 aliphatic heterocycles. The van der Waals surface area contributed by atoms with Gasteiger partial charge in [0, 0.05) is 17.3 Å². The number of phenols is 1. The largest absolute Gasteiger partial charge is 0.504 e. The van der Waals surface area contributed by atoms with E-state index < -0.39 is 0 Å². The smallest absolute Gasteiger partial charge is 0.191 e. The second kappa shape index (κ2) is 9.47. The first kappa shape index (κ1) is 19.3. The Hall–Kier alpha value is -3.00. The monoisotopic (exact) mass is 375 g/mol. The molecule has 0 atom stereocenters. The van der Waals surface area contributed by atoms with Crippen molar-refractivity contribution in [2.75, 3.05) is 26.1 Å². The van der Waals surface area contributed by atoms with E-state index in [0.717, 1.165) is 5.69 Å². The lowest BCUT2D eigenvalue weighted by Gasteiger charge is -2.11. The molecule has 0 aliphatic rings. The minimum Gasteiger partial charge on any atom is -0.504 e. The van der Waals surface area contributed by atoms with Gasteiger partial charge in [-0.1, -0.05) is 6.07 Å². The number of ether oxygens (including phenoxy) is 3. The van der Waals surface area contributed by atoms with E-state index in [1.54, 1.807) is 50.6 Å². The lowest BCUT2D eigenvalue weighted by atomic mass is 10.2. The third-order valence-electron chi connectivity index (χ3n) is 3.34. The van der Waals surface area contributed by atoms with E-state index in [2.05, 4.69) is 15.8 Å². The first-order valence-electron chi connectivity index (χ1n) is 7.85. The second-order valence-electron chi connectivity index (χ2n) is 5.02. The lowest BCUT2D eigenvalue weighted by Crippen LogP contribution is -2.23. The topological polar surface area (TPSA) is 84.3 Å². The molecule has 7 nitrogen and oxygen atoms in total. The molecular weight excluding hydrogens is 354 g/mol. The predicted octanol–water partition coefficient (Wildman–Crippen LogP) is 3.13. The number of hydrogen-bond donors (Lipinski definition) is 3. The predicted molar refractivity (Wildman–Crippen MR) is 106 cm³/mol. The van der Waals surface area contributed by atoms with E-state index in [1.807, 2.05) is 6.92 Å². The first-order valence-corrected chi connectivity index (χ1v) is 8.26. The number of nitrogens with one attached hydrogen (secondary N) is 2. The Balaban J connectivity index is 1.99. The lowest BCUT2D eigenvalue weighted by molar-refractivity contribution is 0.318. The molecule has 0 aliphatic carbocycles. The number of anilines is 1. The van der Waals surface area contributed by atoms with E-state index in [1.165, 1.54) is 6.21 Å². The van der Waals surface area contributed by atoms with Crippen molar-refractivity contribution < 1.29 is 19.3 Å². The highest BCUT2D eigenvalue weighted by atomic mass is 32.1. The van der Waals surface area contributed by atoms with E-state index in [9.17, 15) is 5.11 Å². The number of benzene rings is 2. The quantitative estimate of drug-likeness (QED) is 0.389. The molecule has 0 heterocycles. The number of nitrogens with zero attached hydrogens (tertiary/aromatic N) is 1. The average molecular weight is 375 g/mol. The third kappa shape index (κ3) is 5.00. The summed E-state index contributed by atoms with van der Waals surface area (Å²) in [5.74, 6) is 1.64. The Morgan fingerprint density at radius 2 is 1.92 bits per heavy atom. The highest BCUT2D eigenvalue weighted by molar-refractivity contribution is 7.80.